The van der Waals surface area contributed by atoms with Crippen LogP contribution >= 0.6 is 0 Å². The Hall–Kier alpha value is -0.830. The number of hydrogen-bond donors (Lipinski definition) is 0. The molecule has 133 valence electrons. The molecule has 0 spiro atoms. The fraction of sp³-hybridized carbons (Fsp3) is 0.800. The van der Waals surface area contributed by atoms with Crippen LogP contribution in [-0.4, -0.2) is 48.4 Å². The normalized spacial score (nSPS) is 16.9. The van der Waals surface area contributed by atoms with Crippen molar-refractivity contribution in [2.45, 2.75) is 59.3 Å². The lowest BCUT2D eigenvalue weighted by Crippen LogP contribution is -2.39. The summed E-state index contributed by atoms with van der Waals surface area (Å²) in [4.78, 5) is 16.8. The third kappa shape index (κ3) is 8.01. The van der Waals surface area contributed by atoms with Gasteiger partial charge in [0.2, 0.25) is 5.91 Å². The standard InChI is InChI=1S/C20H37N2O/c1-5-7-9-14-21(6-2)15-10-8-11-20(23)22-16-12-19(13-17-22)18(3)4/h5,7,18-19H,1,6,8-17H2,2-4H3/b7-5-. The number of unbranched alkanes of at least 4 members (excludes halogenated alkanes) is 1. The molecular formula is C20H37N2O. The fourth-order valence-corrected chi connectivity index (χ4v) is 3.39. The first-order valence-electron chi connectivity index (χ1n) is 9.52. The summed E-state index contributed by atoms with van der Waals surface area (Å²) in [5.41, 5.74) is 0. The van der Waals surface area contributed by atoms with E-state index in [0.717, 1.165) is 70.2 Å². The van der Waals surface area contributed by atoms with Crippen LogP contribution < -0.4 is 0 Å². The van der Waals surface area contributed by atoms with Gasteiger partial charge in [-0.15, -0.1) is 0 Å². The third-order valence-corrected chi connectivity index (χ3v) is 5.18. The van der Waals surface area contributed by atoms with Gasteiger partial charge in [0.05, 0.1) is 0 Å². The first kappa shape index (κ1) is 20.2. The molecule has 1 aliphatic heterocycles. The molecule has 1 radical (unpaired) electrons. The minimum atomic E-state index is 0.371. The van der Waals surface area contributed by atoms with E-state index in [1.54, 1.807) is 0 Å². The fourth-order valence-electron chi connectivity index (χ4n) is 3.39. The van der Waals surface area contributed by atoms with Crippen LogP contribution in [0, 0.1) is 18.8 Å². The largest absolute Gasteiger partial charge is 0.343 e. The Bertz CT molecular complexity index is 344. The zero-order chi connectivity index (χ0) is 17.1. The van der Waals surface area contributed by atoms with Crippen molar-refractivity contribution < 1.29 is 4.79 Å². The Kier molecular flexibility index (Phi) is 10.3. The molecule has 1 amide bonds. The van der Waals surface area contributed by atoms with Crippen LogP contribution in [0.3, 0.4) is 0 Å². The van der Waals surface area contributed by atoms with Crippen LogP contribution in [0.15, 0.2) is 12.2 Å². The number of hydrogen-bond acceptors (Lipinski definition) is 2. The van der Waals surface area contributed by atoms with Crippen molar-refractivity contribution in [1.82, 2.24) is 9.80 Å². The third-order valence-electron chi connectivity index (χ3n) is 5.18. The van der Waals surface area contributed by atoms with Crippen molar-refractivity contribution >= 4 is 5.91 Å². The lowest BCUT2D eigenvalue weighted by atomic mass is 9.86. The summed E-state index contributed by atoms with van der Waals surface area (Å²) in [7, 11) is 0. The van der Waals surface area contributed by atoms with Gasteiger partial charge in [-0.1, -0.05) is 32.9 Å². The molecule has 1 saturated heterocycles. The molecule has 0 saturated carbocycles. The van der Waals surface area contributed by atoms with Crippen molar-refractivity contribution in [3.05, 3.63) is 19.1 Å². The van der Waals surface area contributed by atoms with E-state index in [2.05, 4.69) is 43.6 Å². The summed E-state index contributed by atoms with van der Waals surface area (Å²) >= 11 is 0. The molecule has 1 fully saturated rings. The number of amides is 1. The second-order valence-corrected chi connectivity index (χ2v) is 7.11. The van der Waals surface area contributed by atoms with Gasteiger partial charge < -0.3 is 9.80 Å². The topological polar surface area (TPSA) is 23.6 Å². The number of carbonyl (C=O) groups is 1. The predicted octanol–water partition coefficient (Wildman–Crippen LogP) is 4.15. The second kappa shape index (κ2) is 11.7. The molecule has 3 nitrogen and oxygen atoms in total. The molecule has 0 unspecified atom stereocenters. The number of carbonyl (C=O) groups excluding carboxylic acids is 1. The van der Waals surface area contributed by atoms with E-state index in [1.165, 1.54) is 12.8 Å². The smallest absolute Gasteiger partial charge is 0.222 e. The molecule has 1 rings (SSSR count). The average molecular weight is 322 g/mol. The van der Waals surface area contributed by atoms with Gasteiger partial charge in [-0.05, 0) is 64.0 Å². The highest BCUT2D eigenvalue weighted by Crippen LogP contribution is 2.24. The Morgan fingerprint density at radius 1 is 1.26 bits per heavy atom. The first-order chi connectivity index (χ1) is 11.1. The predicted molar refractivity (Wildman–Crippen MR) is 99.2 cm³/mol. The highest BCUT2D eigenvalue weighted by Gasteiger charge is 2.23. The lowest BCUT2D eigenvalue weighted by Gasteiger charge is -2.34. The van der Waals surface area contributed by atoms with Crippen LogP contribution in [0.5, 0.6) is 0 Å². The second-order valence-electron chi connectivity index (χ2n) is 7.11. The minimum Gasteiger partial charge on any atom is -0.343 e. The number of likely N-dealkylation sites (tertiary alicyclic amines) is 1. The summed E-state index contributed by atoms with van der Waals surface area (Å²) in [6.07, 6.45) is 10.3. The van der Waals surface area contributed by atoms with Crippen molar-refractivity contribution in [3.63, 3.8) is 0 Å². The molecule has 0 aromatic carbocycles. The van der Waals surface area contributed by atoms with E-state index < -0.39 is 0 Å². The highest BCUT2D eigenvalue weighted by atomic mass is 16.2. The zero-order valence-electron chi connectivity index (χ0n) is 15.6. The van der Waals surface area contributed by atoms with E-state index >= 15 is 0 Å². The summed E-state index contributed by atoms with van der Waals surface area (Å²) < 4.78 is 0. The van der Waals surface area contributed by atoms with Crippen LogP contribution in [0.4, 0.5) is 0 Å². The Balaban J connectivity index is 2.14. The van der Waals surface area contributed by atoms with E-state index in [1.807, 2.05) is 6.08 Å². The van der Waals surface area contributed by atoms with Crippen LogP contribution in [-0.2, 0) is 4.79 Å². The minimum absolute atomic E-state index is 0.371. The monoisotopic (exact) mass is 321 g/mol. The van der Waals surface area contributed by atoms with Gasteiger partial charge in [0.15, 0.2) is 0 Å². The van der Waals surface area contributed by atoms with E-state index in [4.69, 9.17) is 0 Å². The summed E-state index contributed by atoms with van der Waals surface area (Å²) in [6.45, 7) is 15.8. The first-order valence-corrected chi connectivity index (χ1v) is 9.52. The maximum absolute atomic E-state index is 12.3. The Morgan fingerprint density at radius 2 is 1.96 bits per heavy atom. The summed E-state index contributed by atoms with van der Waals surface area (Å²) in [5.74, 6) is 1.94. The van der Waals surface area contributed by atoms with Crippen LogP contribution in [0.2, 0.25) is 0 Å². The summed E-state index contributed by atoms with van der Waals surface area (Å²) in [5, 5.41) is 0. The van der Waals surface area contributed by atoms with Crippen molar-refractivity contribution in [2.24, 2.45) is 11.8 Å². The van der Waals surface area contributed by atoms with Gasteiger partial charge in [0.25, 0.3) is 0 Å². The molecule has 1 aliphatic rings. The number of nitrogens with zero attached hydrogens (tertiary/aromatic N) is 2. The lowest BCUT2D eigenvalue weighted by molar-refractivity contribution is -0.132. The molecule has 0 aliphatic carbocycles. The molecule has 23 heavy (non-hydrogen) atoms. The summed E-state index contributed by atoms with van der Waals surface area (Å²) in [6, 6.07) is 0. The van der Waals surface area contributed by atoms with E-state index in [9.17, 15) is 4.79 Å². The van der Waals surface area contributed by atoms with Crippen molar-refractivity contribution in [3.8, 4) is 0 Å². The highest BCUT2D eigenvalue weighted by molar-refractivity contribution is 5.76. The molecule has 0 aromatic heterocycles. The van der Waals surface area contributed by atoms with Crippen LogP contribution in [0.25, 0.3) is 0 Å². The van der Waals surface area contributed by atoms with E-state index in [0.29, 0.717) is 5.91 Å². The number of allylic oxidation sites excluding steroid dienone is 1. The van der Waals surface area contributed by atoms with Gasteiger partial charge in [-0.25, -0.2) is 0 Å². The van der Waals surface area contributed by atoms with Gasteiger partial charge in [-0.2, -0.15) is 0 Å². The van der Waals surface area contributed by atoms with Gasteiger partial charge in [0.1, 0.15) is 0 Å². The quantitative estimate of drug-likeness (QED) is 0.564. The van der Waals surface area contributed by atoms with Crippen molar-refractivity contribution in [2.75, 3.05) is 32.7 Å². The average Bonchev–Trinajstić information content (AvgIpc) is 2.57. The molecule has 0 atom stereocenters. The van der Waals surface area contributed by atoms with Gasteiger partial charge >= 0.3 is 0 Å². The molecule has 0 bridgehead atoms. The molecule has 3 heteroatoms. The number of rotatable bonds is 10. The van der Waals surface area contributed by atoms with Gasteiger partial charge in [0, 0.05) is 26.1 Å². The molecule has 0 aromatic rings. The molecular weight excluding hydrogens is 284 g/mol. The number of piperidine rings is 1. The maximum atomic E-state index is 12.3. The Labute approximate surface area is 144 Å². The van der Waals surface area contributed by atoms with Crippen LogP contribution in [0.1, 0.15) is 59.3 Å². The Morgan fingerprint density at radius 3 is 2.52 bits per heavy atom. The van der Waals surface area contributed by atoms with E-state index in [-0.39, 0.29) is 0 Å². The zero-order valence-corrected chi connectivity index (χ0v) is 15.6. The maximum Gasteiger partial charge on any atom is 0.222 e. The van der Waals surface area contributed by atoms with Crippen molar-refractivity contribution in [1.29, 1.82) is 0 Å². The SMILES string of the molecule is [CH2]/C=C\CCN(CC)CCCCC(=O)N1CCC(C(C)C)CC1. The van der Waals surface area contributed by atoms with Gasteiger partial charge in [-0.3, -0.25) is 4.79 Å². The molecule has 1 heterocycles. The molecule has 0 N–H and O–H groups in total.